The quantitative estimate of drug-likeness (QED) is 0.172. The zero-order valence-electron chi connectivity index (χ0n) is 28.9. The molecule has 0 atom stereocenters. The second kappa shape index (κ2) is 12.3. The van der Waals surface area contributed by atoms with E-state index in [1.165, 1.54) is 31.3 Å². The van der Waals surface area contributed by atoms with Crippen LogP contribution in [0.3, 0.4) is 0 Å². The molecule has 0 radical (unpaired) electrons. The Morgan fingerprint density at radius 3 is 1.81 bits per heavy atom. The lowest BCUT2D eigenvalue weighted by molar-refractivity contribution is 0.618. The number of hydrogen-bond acceptors (Lipinski definition) is 5. The maximum absolute atomic E-state index is 6.77. The number of oxazole rings is 1. The number of rotatable bonds is 6. The Morgan fingerprint density at radius 2 is 1.06 bits per heavy atom. The fourth-order valence-corrected chi connectivity index (χ4v) is 8.97. The van der Waals surface area contributed by atoms with E-state index < -0.39 is 0 Å². The summed E-state index contributed by atoms with van der Waals surface area (Å²) in [6.07, 6.45) is 0. The van der Waals surface area contributed by atoms with Crippen molar-refractivity contribution in [2.75, 3.05) is 4.90 Å². The van der Waals surface area contributed by atoms with Crippen molar-refractivity contribution in [2.24, 2.45) is 0 Å². The first-order chi connectivity index (χ1) is 26.8. The Hall–Kier alpha value is -6.95. The molecule has 0 aliphatic heterocycles. The second-order valence-electron chi connectivity index (χ2n) is 13.5. The predicted octanol–water partition coefficient (Wildman–Crippen LogP) is 14.6. The predicted molar refractivity (Wildman–Crippen MR) is 225 cm³/mol. The summed E-state index contributed by atoms with van der Waals surface area (Å²) in [7, 11) is 0. The summed E-state index contributed by atoms with van der Waals surface area (Å²) in [5.41, 5.74) is 11.3. The molecule has 3 heterocycles. The average molecular weight is 711 g/mol. The van der Waals surface area contributed by atoms with Gasteiger partial charge in [0.2, 0.25) is 5.89 Å². The van der Waals surface area contributed by atoms with Crippen molar-refractivity contribution in [3.05, 3.63) is 182 Å². The van der Waals surface area contributed by atoms with Crippen molar-refractivity contribution in [1.29, 1.82) is 0 Å². The lowest BCUT2D eigenvalue weighted by Crippen LogP contribution is -2.10. The van der Waals surface area contributed by atoms with Gasteiger partial charge in [-0.25, -0.2) is 4.98 Å². The van der Waals surface area contributed by atoms with E-state index in [2.05, 4.69) is 138 Å². The van der Waals surface area contributed by atoms with Gasteiger partial charge in [-0.3, -0.25) is 0 Å². The molecule has 8 aromatic carbocycles. The van der Waals surface area contributed by atoms with Crippen molar-refractivity contribution < 1.29 is 8.83 Å². The fourth-order valence-electron chi connectivity index (χ4n) is 7.74. The third-order valence-electron chi connectivity index (χ3n) is 10.3. The summed E-state index contributed by atoms with van der Waals surface area (Å²) in [5.74, 6) is 0.565. The molecular weight excluding hydrogens is 681 g/mol. The van der Waals surface area contributed by atoms with Crippen LogP contribution >= 0.6 is 11.3 Å². The molecule has 0 saturated heterocycles. The molecule has 3 aromatic heterocycles. The summed E-state index contributed by atoms with van der Waals surface area (Å²) < 4.78 is 16.1. The van der Waals surface area contributed by atoms with Crippen LogP contribution in [0.2, 0.25) is 0 Å². The third-order valence-corrected chi connectivity index (χ3v) is 11.5. The van der Waals surface area contributed by atoms with Crippen LogP contribution in [0.4, 0.5) is 17.1 Å². The van der Waals surface area contributed by atoms with E-state index >= 15 is 0 Å². The van der Waals surface area contributed by atoms with Crippen LogP contribution < -0.4 is 4.90 Å². The minimum Gasteiger partial charge on any atom is -0.454 e. The monoisotopic (exact) mass is 710 g/mol. The lowest BCUT2D eigenvalue weighted by atomic mass is 10.0. The highest BCUT2D eigenvalue weighted by Gasteiger charge is 2.27. The Labute approximate surface area is 314 Å². The molecule has 0 saturated carbocycles. The third kappa shape index (κ3) is 4.94. The van der Waals surface area contributed by atoms with E-state index in [0.717, 1.165) is 61.2 Å². The molecule has 11 aromatic rings. The fraction of sp³-hybridized carbons (Fsp3) is 0. The summed E-state index contributed by atoms with van der Waals surface area (Å²) in [6.45, 7) is 0. The molecule has 5 heteroatoms. The SMILES string of the molecule is c1ccc(-c2ccc(N(c3ccc(-c4cccc5c4sc4ccccc45)cc3)c3c4oc(-c5ccccc5)nc4cc4c3oc3ccccc34)cc2)cc1. The minimum atomic E-state index is 0.565. The molecule has 0 fully saturated rings. The van der Waals surface area contributed by atoms with Gasteiger partial charge in [0, 0.05) is 47.9 Å². The van der Waals surface area contributed by atoms with Gasteiger partial charge in [0.15, 0.2) is 11.2 Å². The summed E-state index contributed by atoms with van der Waals surface area (Å²) in [5, 5.41) is 4.60. The van der Waals surface area contributed by atoms with Crippen molar-refractivity contribution in [1.82, 2.24) is 4.98 Å². The number of benzene rings is 8. The summed E-state index contributed by atoms with van der Waals surface area (Å²) in [6, 6.07) is 63.7. The molecule has 0 unspecified atom stereocenters. The zero-order valence-corrected chi connectivity index (χ0v) is 29.8. The van der Waals surface area contributed by atoms with Gasteiger partial charge >= 0.3 is 0 Å². The van der Waals surface area contributed by atoms with Crippen LogP contribution in [-0.4, -0.2) is 4.98 Å². The number of fused-ring (bicyclic) bond motifs is 7. The highest BCUT2D eigenvalue weighted by Crippen LogP contribution is 2.48. The summed E-state index contributed by atoms with van der Waals surface area (Å²) >= 11 is 1.85. The number of nitrogens with zero attached hydrogens (tertiary/aromatic N) is 2. The largest absolute Gasteiger partial charge is 0.454 e. The van der Waals surface area contributed by atoms with E-state index in [1.807, 2.05) is 59.9 Å². The zero-order chi connectivity index (χ0) is 35.6. The first kappa shape index (κ1) is 30.7. The van der Waals surface area contributed by atoms with E-state index in [4.69, 9.17) is 13.8 Å². The Kier molecular flexibility index (Phi) is 7.00. The molecule has 0 aliphatic rings. The van der Waals surface area contributed by atoms with E-state index in [0.29, 0.717) is 11.5 Å². The van der Waals surface area contributed by atoms with E-state index in [9.17, 15) is 0 Å². The number of thiophene rings is 1. The lowest BCUT2D eigenvalue weighted by Gasteiger charge is -2.26. The number of anilines is 3. The van der Waals surface area contributed by atoms with Gasteiger partial charge in [-0.05, 0) is 76.9 Å². The molecule has 0 aliphatic carbocycles. The molecule has 0 bridgehead atoms. The van der Waals surface area contributed by atoms with Gasteiger partial charge in [-0.2, -0.15) is 0 Å². The van der Waals surface area contributed by atoms with E-state index in [1.54, 1.807) is 0 Å². The molecular formula is C49H30N2O2S. The van der Waals surface area contributed by atoms with Crippen LogP contribution in [-0.2, 0) is 0 Å². The van der Waals surface area contributed by atoms with Crippen LogP contribution in [0.15, 0.2) is 191 Å². The first-order valence-electron chi connectivity index (χ1n) is 18.0. The topological polar surface area (TPSA) is 42.4 Å². The molecule has 254 valence electrons. The maximum Gasteiger partial charge on any atom is 0.227 e. The second-order valence-corrected chi connectivity index (χ2v) is 14.6. The molecule has 54 heavy (non-hydrogen) atoms. The van der Waals surface area contributed by atoms with Crippen LogP contribution in [0.1, 0.15) is 0 Å². The van der Waals surface area contributed by atoms with Gasteiger partial charge in [-0.15, -0.1) is 11.3 Å². The maximum atomic E-state index is 6.77. The highest BCUT2D eigenvalue weighted by atomic mass is 32.1. The Bertz CT molecular complexity index is 3140. The van der Waals surface area contributed by atoms with Crippen molar-refractivity contribution >= 4 is 81.6 Å². The van der Waals surface area contributed by atoms with Crippen molar-refractivity contribution in [3.63, 3.8) is 0 Å². The molecule has 0 N–H and O–H groups in total. The van der Waals surface area contributed by atoms with Gasteiger partial charge < -0.3 is 13.7 Å². The van der Waals surface area contributed by atoms with Crippen LogP contribution in [0, 0.1) is 0 Å². The van der Waals surface area contributed by atoms with Gasteiger partial charge in [0.05, 0.1) is 0 Å². The average Bonchev–Trinajstić information content (AvgIpc) is 3.96. The minimum absolute atomic E-state index is 0.565. The van der Waals surface area contributed by atoms with Crippen molar-refractivity contribution in [2.45, 2.75) is 0 Å². The van der Waals surface area contributed by atoms with Gasteiger partial charge in [0.1, 0.15) is 16.8 Å². The molecule has 0 amide bonds. The molecule has 11 rings (SSSR count). The van der Waals surface area contributed by atoms with Crippen molar-refractivity contribution in [3.8, 4) is 33.7 Å². The van der Waals surface area contributed by atoms with Gasteiger partial charge in [0.25, 0.3) is 0 Å². The smallest absolute Gasteiger partial charge is 0.227 e. The Morgan fingerprint density at radius 1 is 0.444 bits per heavy atom. The number of aromatic nitrogens is 1. The number of para-hydroxylation sites is 1. The van der Waals surface area contributed by atoms with E-state index in [-0.39, 0.29) is 0 Å². The summed E-state index contributed by atoms with van der Waals surface area (Å²) in [4.78, 5) is 7.33. The van der Waals surface area contributed by atoms with Crippen LogP contribution in [0.5, 0.6) is 0 Å². The molecule has 0 spiro atoms. The number of hydrogen-bond donors (Lipinski definition) is 0. The number of furan rings is 1. The first-order valence-corrected chi connectivity index (χ1v) is 18.8. The normalized spacial score (nSPS) is 11.7. The molecule has 4 nitrogen and oxygen atoms in total. The van der Waals surface area contributed by atoms with Crippen LogP contribution in [0.25, 0.3) is 86.9 Å². The standard InChI is InChI=1S/C49H30N2O2S/c1-3-12-31(13-4-1)32-22-26-35(27-23-32)51(36-28-24-33(25-29-36)37-18-11-19-40-39-17-8-10-21-44(39)54-48(37)40)45-46-41(38-16-7-9-20-43(38)52-46)30-42-47(45)53-49(50-42)34-14-5-2-6-15-34/h1-30H. The highest BCUT2D eigenvalue weighted by molar-refractivity contribution is 7.26. The Balaban J connectivity index is 1.14. The van der Waals surface area contributed by atoms with Gasteiger partial charge in [-0.1, -0.05) is 127 Å².